The normalized spacial score (nSPS) is 12.8. The first-order valence-corrected chi connectivity index (χ1v) is 14.8. The van der Waals surface area contributed by atoms with E-state index in [1.807, 2.05) is 0 Å². The molecular formula is C28H31N5O8S. The number of fused-ring (bicyclic) bond motifs is 3. The summed E-state index contributed by atoms with van der Waals surface area (Å²) in [5, 5.41) is 2.55. The van der Waals surface area contributed by atoms with E-state index in [9.17, 15) is 27.6 Å². The monoisotopic (exact) mass is 597 g/mol. The summed E-state index contributed by atoms with van der Waals surface area (Å²) in [5.74, 6) is -1.81. The zero-order valence-corrected chi connectivity index (χ0v) is 23.9. The molecule has 1 heterocycles. The van der Waals surface area contributed by atoms with Crippen molar-refractivity contribution in [3.8, 4) is 11.1 Å². The highest BCUT2D eigenvalue weighted by atomic mass is 32.2. The van der Waals surface area contributed by atoms with Gasteiger partial charge in [0, 0.05) is 17.7 Å². The summed E-state index contributed by atoms with van der Waals surface area (Å²) in [7, 11) is -4.07. The van der Waals surface area contributed by atoms with Crippen molar-refractivity contribution in [2.45, 2.75) is 50.5 Å². The van der Waals surface area contributed by atoms with Crippen molar-refractivity contribution in [3.05, 3.63) is 69.6 Å². The number of benzene rings is 2. The van der Waals surface area contributed by atoms with Crippen molar-refractivity contribution in [2.75, 3.05) is 23.7 Å². The van der Waals surface area contributed by atoms with E-state index in [1.165, 1.54) is 36.4 Å². The fraction of sp³-hybridized carbons (Fsp3) is 0.321. The maximum absolute atomic E-state index is 13.2. The summed E-state index contributed by atoms with van der Waals surface area (Å²) in [5.41, 5.74) is 7.64. The number of hydrogen-bond acceptors (Lipinski definition) is 10. The van der Waals surface area contributed by atoms with Crippen LogP contribution in [0, 0.1) is 0 Å². The number of esters is 2. The summed E-state index contributed by atoms with van der Waals surface area (Å²) in [6.45, 7) is 3.57. The number of sulfonamides is 1. The molecule has 0 saturated heterocycles. The number of hydrogen-bond donors (Lipinski definition) is 4. The molecule has 0 saturated carbocycles. The van der Waals surface area contributed by atoms with Crippen LogP contribution in [0.3, 0.4) is 0 Å². The van der Waals surface area contributed by atoms with Crippen molar-refractivity contribution >= 4 is 39.5 Å². The number of nitrogens with two attached hydrogens (primary N) is 1. The highest BCUT2D eigenvalue weighted by molar-refractivity contribution is 7.92. The van der Waals surface area contributed by atoms with Gasteiger partial charge in [-0.3, -0.25) is 24.1 Å². The van der Waals surface area contributed by atoms with E-state index in [2.05, 4.69) is 20.0 Å². The van der Waals surface area contributed by atoms with Crippen LogP contribution in [0.4, 0.5) is 11.6 Å². The lowest BCUT2D eigenvalue weighted by atomic mass is 9.89. The summed E-state index contributed by atoms with van der Waals surface area (Å²) in [4.78, 5) is 56.1. The van der Waals surface area contributed by atoms with Gasteiger partial charge >= 0.3 is 11.9 Å². The first-order chi connectivity index (χ1) is 20.0. The van der Waals surface area contributed by atoms with Gasteiger partial charge in [-0.1, -0.05) is 6.07 Å². The van der Waals surface area contributed by atoms with E-state index in [0.717, 1.165) is 5.56 Å². The Bertz CT molecular complexity index is 1670. The molecule has 1 aliphatic carbocycles. The molecule has 4 rings (SSSR count). The molecule has 0 spiro atoms. The minimum atomic E-state index is -4.07. The van der Waals surface area contributed by atoms with Crippen molar-refractivity contribution in [3.63, 3.8) is 0 Å². The lowest BCUT2D eigenvalue weighted by Crippen LogP contribution is -2.42. The van der Waals surface area contributed by atoms with E-state index in [0.29, 0.717) is 29.7 Å². The third-order valence-electron chi connectivity index (χ3n) is 6.52. The SMILES string of the molecule is CCOC(=O)CC[C@H](NC(=O)c1ccc(NS(=O)(=O)c2ccc3c(c2)-c2c(nc(N)[nH]c2=O)CC3)cc1)C(=O)OCC. The second-order valence-electron chi connectivity index (χ2n) is 9.40. The number of carbonyl (C=O) groups excluding carboxylic acids is 3. The number of aromatic nitrogens is 2. The molecule has 1 aromatic heterocycles. The Labute approximate surface area is 241 Å². The molecule has 42 heavy (non-hydrogen) atoms. The number of aromatic amines is 1. The largest absolute Gasteiger partial charge is 0.466 e. The molecular weight excluding hydrogens is 566 g/mol. The molecule has 2 aromatic carbocycles. The molecule has 14 heteroatoms. The standard InChI is InChI=1S/C28H31N5O8S/c1-3-40-23(34)14-13-22(27(37)41-4-2)30-25(35)17-5-9-18(10-6-17)33-42(38,39)19-11-7-16-8-12-21-24(20(16)15-19)26(36)32-28(29)31-21/h5-7,9-11,15,22,33H,3-4,8,12-14H2,1-2H3,(H,30,35)(H3,29,31,32,36)/t22-/m0/s1. The number of anilines is 2. The molecule has 5 N–H and O–H groups in total. The molecule has 13 nitrogen and oxygen atoms in total. The summed E-state index contributed by atoms with van der Waals surface area (Å²) in [6, 6.07) is 9.05. The molecule has 1 aliphatic rings. The van der Waals surface area contributed by atoms with Gasteiger partial charge in [0.05, 0.1) is 29.4 Å². The van der Waals surface area contributed by atoms with Crippen LogP contribution >= 0.6 is 0 Å². The van der Waals surface area contributed by atoms with E-state index < -0.39 is 39.5 Å². The van der Waals surface area contributed by atoms with Gasteiger partial charge in [-0.25, -0.2) is 18.2 Å². The number of amides is 1. The van der Waals surface area contributed by atoms with Gasteiger partial charge < -0.3 is 20.5 Å². The van der Waals surface area contributed by atoms with Gasteiger partial charge in [0.1, 0.15) is 6.04 Å². The molecule has 222 valence electrons. The van der Waals surface area contributed by atoms with E-state index in [-0.39, 0.29) is 48.2 Å². The van der Waals surface area contributed by atoms with E-state index in [1.54, 1.807) is 19.9 Å². The van der Waals surface area contributed by atoms with Gasteiger partial charge in [0.15, 0.2) is 0 Å². The van der Waals surface area contributed by atoms with Gasteiger partial charge in [-0.15, -0.1) is 0 Å². The molecule has 0 radical (unpaired) electrons. The second-order valence-corrected chi connectivity index (χ2v) is 11.1. The van der Waals surface area contributed by atoms with Crippen molar-refractivity contribution in [2.24, 2.45) is 0 Å². The number of H-pyrrole nitrogens is 1. The average Bonchev–Trinajstić information content (AvgIpc) is 2.94. The van der Waals surface area contributed by atoms with Crippen LogP contribution in [-0.4, -0.2) is 55.5 Å². The van der Waals surface area contributed by atoms with Crippen LogP contribution in [0.5, 0.6) is 0 Å². The van der Waals surface area contributed by atoms with Gasteiger partial charge in [-0.05, 0) is 80.6 Å². The molecule has 0 fully saturated rings. The minimum Gasteiger partial charge on any atom is -0.466 e. The topological polar surface area (TPSA) is 200 Å². The van der Waals surface area contributed by atoms with E-state index in [4.69, 9.17) is 15.2 Å². The number of aryl methyl sites for hydroxylation is 2. The summed E-state index contributed by atoms with van der Waals surface area (Å²) in [6.07, 6.45) is 0.982. The number of rotatable bonds is 11. The Balaban J connectivity index is 1.48. The molecule has 1 atom stereocenters. The van der Waals surface area contributed by atoms with Gasteiger partial charge in [0.2, 0.25) is 5.95 Å². The highest BCUT2D eigenvalue weighted by Crippen LogP contribution is 2.32. The van der Waals surface area contributed by atoms with Gasteiger partial charge in [-0.2, -0.15) is 0 Å². The fourth-order valence-electron chi connectivity index (χ4n) is 4.56. The Kier molecular flexibility index (Phi) is 9.25. The molecule has 0 bridgehead atoms. The third-order valence-corrected chi connectivity index (χ3v) is 7.90. The maximum Gasteiger partial charge on any atom is 0.328 e. The van der Waals surface area contributed by atoms with Crippen LogP contribution in [0.1, 0.15) is 48.3 Å². The number of nitrogens with one attached hydrogen (secondary N) is 3. The first-order valence-electron chi connectivity index (χ1n) is 13.3. The molecule has 3 aromatic rings. The summed E-state index contributed by atoms with van der Waals surface area (Å²) >= 11 is 0. The Morgan fingerprint density at radius 2 is 1.76 bits per heavy atom. The second kappa shape index (κ2) is 12.9. The predicted molar refractivity (Wildman–Crippen MR) is 153 cm³/mol. The van der Waals surface area contributed by atoms with Gasteiger partial charge in [0.25, 0.3) is 21.5 Å². The van der Waals surface area contributed by atoms with Crippen LogP contribution in [-0.2, 0) is 41.9 Å². The van der Waals surface area contributed by atoms with E-state index >= 15 is 0 Å². The lowest BCUT2D eigenvalue weighted by molar-refractivity contribution is -0.146. The smallest absolute Gasteiger partial charge is 0.328 e. The Morgan fingerprint density at radius 1 is 1.05 bits per heavy atom. The summed E-state index contributed by atoms with van der Waals surface area (Å²) < 4.78 is 38.8. The lowest BCUT2D eigenvalue weighted by Gasteiger charge is -2.19. The number of carbonyl (C=O) groups is 3. The average molecular weight is 598 g/mol. The molecule has 1 amide bonds. The maximum atomic E-state index is 13.2. The Morgan fingerprint density at radius 3 is 2.45 bits per heavy atom. The first kappa shape index (κ1) is 30.2. The Hall–Kier alpha value is -4.72. The van der Waals surface area contributed by atoms with Crippen LogP contribution in [0.15, 0.2) is 52.2 Å². The quantitative estimate of drug-likeness (QED) is 0.237. The molecule has 0 aliphatic heterocycles. The number of ether oxygens (including phenoxy) is 2. The predicted octanol–water partition coefficient (Wildman–Crippen LogP) is 1.92. The van der Waals surface area contributed by atoms with Crippen LogP contribution in [0.25, 0.3) is 11.1 Å². The van der Waals surface area contributed by atoms with Crippen molar-refractivity contribution in [1.29, 1.82) is 0 Å². The number of nitrogen functional groups attached to an aromatic ring is 1. The van der Waals surface area contributed by atoms with Crippen LogP contribution in [0.2, 0.25) is 0 Å². The van der Waals surface area contributed by atoms with Crippen molar-refractivity contribution in [1.82, 2.24) is 15.3 Å². The third kappa shape index (κ3) is 6.94. The zero-order valence-electron chi connectivity index (χ0n) is 23.1. The highest BCUT2D eigenvalue weighted by Gasteiger charge is 2.26. The van der Waals surface area contributed by atoms with Crippen molar-refractivity contribution < 1.29 is 32.3 Å². The zero-order chi connectivity index (χ0) is 30.4. The minimum absolute atomic E-state index is 0.00198. The fourth-order valence-corrected chi connectivity index (χ4v) is 5.64. The number of nitrogens with zero attached hydrogens (tertiary/aromatic N) is 1. The molecule has 0 unspecified atom stereocenters. The van der Waals surface area contributed by atoms with Crippen LogP contribution < -0.4 is 21.3 Å².